The van der Waals surface area contributed by atoms with Gasteiger partial charge in [0, 0.05) is 12.8 Å². The van der Waals surface area contributed by atoms with E-state index < -0.39 is 0 Å². The predicted octanol–water partition coefficient (Wildman–Crippen LogP) is 2.87. The summed E-state index contributed by atoms with van der Waals surface area (Å²) in [5.41, 5.74) is 0.189. The summed E-state index contributed by atoms with van der Waals surface area (Å²) in [6.45, 7) is 0. The molecule has 0 atom stereocenters. The Labute approximate surface area is 97.5 Å². The van der Waals surface area contributed by atoms with Gasteiger partial charge in [0.15, 0.2) is 0 Å². The number of carbonyl (C=O) groups excluding carboxylic acids is 2. The van der Waals surface area contributed by atoms with Gasteiger partial charge < -0.3 is 9.53 Å². The Hall–Kier alpha value is -0.860. The van der Waals surface area contributed by atoms with Crippen molar-refractivity contribution in [3.63, 3.8) is 0 Å². The quantitative estimate of drug-likeness (QED) is 0.516. The molecule has 3 nitrogen and oxygen atoms in total. The zero-order chi connectivity index (χ0) is 11.9. The molecule has 0 radical (unpaired) electrons. The smallest absolute Gasteiger partial charge is 0.305 e. The fourth-order valence-electron chi connectivity index (χ4n) is 2.74. The summed E-state index contributed by atoms with van der Waals surface area (Å²) in [4.78, 5) is 21.8. The minimum absolute atomic E-state index is 0.142. The summed E-state index contributed by atoms with van der Waals surface area (Å²) in [6.07, 6.45) is 10.1. The van der Waals surface area contributed by atoms with Crippen LogP contribution >= 0.6 is 0 Å². The number of esters is 1. The Morgan fingerprint density at radius 3 is 2.56 bits per heavy atom. The standard InChI is InChI=1S/C13H22O3/c1-16-12(15)6-5-9-13(10-11-14)7-3-2-4-8-13/h11H,2-10H2,1H3. The minimum atomic E-state index is -0.142. The molecule has 3 heteroatoms. The van der Waals surface area contributed by atoms with Crippen molar-refractivity contribution in [3.8, 4) is 0 Å². The van der Waals surface area contributed by atoms with Crippen LogP contribution in [-0.2, 0) is 14.3 Å². The van der Waals surface area contributed by atoms with Gasteiger partial charge in [-0.1, -0.05) is 19.3 Å². The van der Waals surface area contributed by atoms with Gasteiger partial charge in [-0.15, -0.1) is 0 Å². The van der Waals surface area contributed by atoms with Crippen LogP contribution in [-0.4, -0.2) is 19.4 Å². The first-order valence-corrected chi connectivity index (χ1v) is 6.23. The molecule has 0 heterocycles. The molecule has 0 bridgehead atoms. The van der Waals surface area contributed by atoms with Gasteiger partial charge in [0.05, 0.1) is 7.11 Å². The highest BCUT2D eigenvalue weighted by Gasteiger charge is 2.31. The zero-order valence-corrected chi connectivity index (χ0v) is 10.2. The second-order valence-electron chi connectivity index (χ2n) is 4.86. The van der Waals surface area contributed by atoms with E-state index in [1.165, 1.54) is 26.4 Å². The fraction of sp³-hybridized carbons (Fsp3) is 0.846. The SMILES string of the molecule is COC(=O)CCCC1(CC=O)CCCCC1. The highest BCUT2D eigenvalue weighted by Crippen LogP contribution is 2.42. The van der Waals surface area contributed by atoms with Gasteiger partial charge in [-0.3, -0.25) is 4.79 Å². The molecule has 0 aromatic rings. The summed E-state index contributed by atoms with van der Waals surface area (Å²) in [5, 5.41) is 0. The predicted molar refractivity (Wildman–Crippen MR) is 62.1 cm³/mol. The van der Waals surface area contributed by atoms with Crippen LogP contribution in [0.15, 0.2) is 0 Å². The molecule has 0 N–H and O–H groups in total. The number of hydrogen-bond acceptors (Lipinski definition) is 3. The first kappa shape index (κ1) is 13.2. The van der Waals surface area contributed by atoms with E-state index in [4.69, 9.17) is 0 Å². The third-order valence-electron chi connectivity index (χ3n) is 3.75. The van der Waals surface area contributed by atoms with Crippen LogP contribution in [0, 0.1) is 5.41 Å². The van der Waals surface area contributed by atoms with Crippen molar-refractivity contribution in [2.24, 2.45) is 5.41 Å². The number of methoxy groups -OCH3 is 1. The number of carbonyl (C=O) groups is 2. The maximum absolute atomic E-state index is 11.0. The Bertz CT molecular complexity index is 229. The van der Waals surface area contributed by atoms with E-state index in [1.807, 2.05) is 0 Å². The zero-order valence-electron chi connectivity index (χ0n) is 10.2. The van der Waals surface area contributed by atoms with Crippen LogP contribution in [0.3, 0.4) is 0 Å². The molecule has 1 saturated carbocycles. The van der Waals surface area contributed by atoms with Crippen molar-refractivity contribution in [2.75, 3.05) is 7.11 Å². The molecular weight excluding hydrogens is 204 g/mol. The largest absolute Gasteiger partial charge is 0.469 e. The van der Waals surface area contributed by atoms with Crippen LogP contribution in [0.4, 0.5) is 0 Å². The summed E-state index contributed by atoms with van der Waals surface area (Å²) in [5.74, 6) is -0.142. The van der Waals surface area contributed by atoms with Gasteiger partial charge in [0.2, 0.25) is 0 Å². The van der Waals surface area contributed by atoms with E-state index in [1.54, 1.807) is 0 Å². The topological polar surface area (TPSA) is 43.4 Å². The van der Waals surface area contributed by atoms with Crippen LogP contribution in [0.5, 0.6) is 0 Å². The Kier molecular flexibility index (Phi) is 5.50. The lowest BCUT2D eigenvalue weighted by Gasteiger charge is -2.36. The number of rotatable bonds is 6. The van der Waals surface area contributed by atoms with E-state index in [0.717, 1.165) is 32.0 Å². The lowest BCUT2D eigenvalue weighted by Crippen LogP contribution is -2.25. The van der Waals surface area contributed by atoms with Crippen LogP contribution < -0.4 is 0 Å². The molecule has 92 valence electrons. The third kappa shape index (κ3) is 3.95. The molecule has 1 rings (SSSR count). The van der Waals surface area contributed by atoms with E-state index in [0.29, 0.717) is 12.8 Å². The van der Waals surface area contributed by atoms with Crippen molar-refractivity contribution < 1.29 is 14.3 Å². The summed E-state index contributed by atoms with van der Waals surface area (Å²) < 4.78 is 4.62. The fourth-order valence-corrected chi connectivity index (χ4v) is 2.74. The monoisotopic (exact) mass is 226 g/mol. The molecule has 1 aliphatic carbocycles. The van der Waals surface area contributed by atoms with Crippen molar-refractivity contribution in [1.29, 1.82) is 0 Å². The molecule has 16 heavy (non-hydrogen) atoms. The van der Waals surface area contributed by atoms with Crippen molar-refractivity contribution in [3.05, 3.63) is 0 Å². The molecule has 0 aliphatic heterocycles. The minimum Gasteiger partial charge on any atom is -0.469 e. The molecule has 0 aromatic heterocycles. The van der Waals surface area contributed by atoms with Crippen LogP contribution in [0.1, 0.15) is 57.8 Å². The van der Waals surface area contributed by atoms with Gasteiger partial charge in [0.25, 0.3) is 0 Å². The van der Waals surface area contributed by atoms with E-state index in [-0.39, 0.29) is 11.4 Å². The lowest BCUT2D eigenvalue weighted by molar-refractivity contribution is -0.140. The van der Waals surface area contributed by atoms with Crippen molar-refractivity contribution >= 4 is 12.3 Å². The maximum atomic E-state index is 11.0. The second kappa shape index (κ2) is 6.66. The average molecular weight is 226 g/mol. The molecule has 0 spiro atoms. The van der Waals surface area contributed by atoms with E-state index in [9.17, 15) is 9.59 Å². The first-order valence-electron chi connectivity index (χ1n) is 6.23. The van der Waals surface area contributed by atoms with Gasteiger partial charge in [-0.2, -0.15) is 0 Å². The maximum Gasteiger partial charge on any atom is 0.305 e. The highest BCUT2D eigenvalue weighted by molar-refractivity contribution is 5.69. The molecule has 0 amide bonds. The van der Waals surface area contributed by atoms with E-state index >= 15 is 0 Å². The Morgan fingerprint density at radius 2 is 2.00 bits per heavy atom. The summed E-state index contributed by atoms with van der Waals surface area (Å²) >= 11 is 0. The summed E-state index contributed by atoms with van der Waals surface area (Å²) in [6, 6.07) is 0. The Balaban J connectivity index is 2.38. The van der Waals surface area contributed by atoms with E-state index in [2.05, 4.69) is 4.74 Å². The molecule has 1 fully saturated rings. The normalized spacial score (nSPS) is 19.1. The van der Waals surface area contributed by atoms with Gasteiger partial charge >= 0.3 is 5.97 Å². The number of aldehydes is 1. The van der Waals surface area contributed by atoms with Crippen LogP contribution in [0.2, 0.25) is 0 Å². The van der Waals surface area contributed by atoms with Crippen molar-refractivity contribution in [2.45, 2.75) is 57.8 Å². The van der Waals surface area contributed by atoms with Gasteiger partial charge in [0.1, 0.15) is 6.29 Å². The highest BCUT2D eigenvalue weighted by atomic mass is 16.5. The number of hydrogen-bond donors (Lipinski definition) is 0. The molecule has 0 aromatic carbocycles. The molecule has 0 saturated heterocycles. The molecule has 1 aliphatic rings. The second-order valence-corrected chi connectivity index (χ2v) is 4.86. The van der Waals surface area contributed by atoms with Crippen LogP contribution in [0.25, 0.3) is 0 Å². The van der Waals surface area contributed by atoms with Gasteiger partial charge in [-0.05, 0) is 31.1 Å². The molecular formula is C13H22O3. The van der Waals surface area contributed by atoms with Crippen molar-refractivity contribution in [1.82, 2.24) is 0 Å². The average Bonchev–Trinajstić information content (AvgIpc) is 2.30. The number of ether oxygens (including phenoxy) is 1. The Morgan fingerprint density at radius 1 is 1.31 bits per heavy atom. The summed E-state index contributed by atoms with van der Waals surface area (Å²) in [7, 11) is 1.42. The van der Waals surface area contributed by atoms with Gasteiger partial charge in [-0.25, -0.2) is 0 Å². The first-order chi connectivity index (χ1) is 7.72. The lowest BCUT2D eigenvalue weighted by atomic mass is 9.69. The third-order valence-corrected chi connectivity index (χ3v) is 3.75. The molecule has 0 unspecified atom stereocenters.